The van der Waals surface area contributed by atoms with Crippen LogP contribution in [0.15, 0.2) is 41.6 Å². The number of allylic oxidation sites excluding steroid dienone is 1. The summed E-state index contributed by atoms with van der Waals surface area (Å²) >= 11 is 0. The Bertz CT molecular complexity index is 764. The molecule has 3 aliphatic heterocycles. The van der Waals surface area contributed by atoms with Gasteiger partial charge in [0.1, 0.15) is 5.75 Å². The smallest absolute Gasteiger partial charge is 0.322 e. The van der Waals surface area contributed by atoms with E-state index in [1.54, 1.807) is 11.8 Å². The van der Waals surface area contributed by atoms with Crippen molar-refractivity contribution in [3.05, 3.63) is 52.7 Å². The molecule has 118 valence electrons. The fourth-order valence-corrected chi connectivity index (χ4v) is 3.50. The number of fused-ring (bicyclic) bond motifs is 2. The van der Waals surface area contributed by atoms with Gasteiger partial charge in [-0.1, -0.05) is 12.1 Å². The van der Waals surface area contributed by atoms with E-state index in [0.717, 1.165) is 35.4 Å². The predicted octanol–water partition coefficient (Wildman–Crippen LogP) is 2.49. The first-order chi connectivity index (χ1) is 11.1. The third-order valence-electron chi connectivity index (χ3n) is 4.59. The van der Waals surface area contributed by atoms with E-state index >= 15 is 0 Å². The Hall–Kier alpha value is -2.56. The van der Waals surface area contributed by atoms with Gasteiger partial charge in [0.2, 0.25) is 0 Å². The van der Waals surface area contributed by atoms with Crippen LogP contribution < -0.4 is 10.1 Å². The molecule has 0 saturated heterocycles. The normalized spacial score (nSPS) is 22.4. The molecule has 1 N–H and O–H groups in total. The third-order valence-corrected chi connectivity index (χ3v) is 4.59. The molecule has 1 atom stereocenters. The van der Waals surface area contributed by atoms with Gasteiger partial charge in [-0.2, -0.15) is 0 Å². The van der Waals surface area contributed by atoms with Crippen LogP contribution in [0.5, 0.6) is 5.75 Å². The van der Waals surface area contributed by atoms with E-state index in [4.69, 9.17) is 4.74 Å². The fraction of sp³-hybridized carbons (Fsp3) is 0.333. The first-order valence-electron chi connectivity index (χ1n) is 7.90. The molecule has 1 aromatic carbocycles. The number of amides is 2. The molecule has 3 aliphatic rings. The predicted molar refractivity (Wildman–Crippen MR) is 85.1 cm³/mol. The zero-order valence-electron chi connectivity index (χ0n) is 13.0. The molecule has 23 heavy (non-hydrogen) atoms. The summed E-state index contributed by atoms with van der Waals surface area (Å²) in [6.45, 7) is 2.86. The quantitative estimate of drug-likeness (QED) is 0.913. The van der Waals surface area contributed by atoms with Crippen molar-refractivity contribution in [2.24, 2.45) is 0 Å². The van der Waals surface area contributed by atoms with Crippen LogP contribution in [0.4, 0.5) is 4.79 Å². The summed E-state index contributed by atoms with van der Waals surface area (Å²) in [5.41, 5.74) is 3.44. The molecule has 5 heteroatoms. The zero-order chi connectivity index (χ0) is 16.0. The van der Waals surface area contributed by atoms with Gasteiger partial charge in [0, 0.05) is 18.5 Å². The second-order valence-corrected chi connectivity index (χ2v) is 6.05. The lowest BCUT2D eigenvalue weighted by Gasteiger charge is -2.37. The number of rotatable bonds is 2. The van der Waals surface area contributed by atoms with Gasteiger partial charge in [0.05, 0.1) is 18.3 Å². The van der Waals surface area contributed by atoms with E-state index in [-0.39, 0.29) is 11.8 Å². The van der Waals surface area contributed by atoms with Crippen molar-refractivity contribution in [1.82, 2.24) is 10.2 Å². The summed E-state index contributed by atoms with van der Waals surface area (Å²) in [4.78, 5) is 26.4. The lowest BCUT2D eigenvalue weighted by atomic mass is 9.90. The van der Waals surface area contributed by atoms with Gasteiger partial charge in [0.15, 0.2) is 5.78 Å². The summed E-state index contributed by atoms with van der Waals surface area (Å²) in [5, 5.41) is 2.99. The molecule has 1 aromatic rings. The number of ether oxygens (including phenoxy) is 1. The largest absolute Gasteiger partial charge is 0.493 e. The SMILES string of the molecule is CC(=O)C1=C2C=CCCN2C(=O)NC1c1ccc2c(c1)CCO2. The van der Waals surface area contributed by atoms with Gasteiger partial charge in [-0.3, -0.25) is 9.69 Å². The minimum atomic E-state index is -0.403. The summed E-state index contributed by atoms with van der Waals surface area (Å²) in [5.74, 6) is 0.880. The van der Waals surface area contributed by atoms with Crippen LogP contribution in [0.25, 0.3) is 0 Å². The number of hydrogen-bond donors (Lipinski definition) is 1. The van der Waals surface area contributed by atoms with Crippen molar-refractivity contribution in [3.63, 3.8) is 0 Å². The molecule has 2 amide bonds. The number of nitrogens with zero attached hydrogens (tertiary/aromatic N) is 1. The zero-order valence-corrected chi connectivity index (χ0v) is 13.0. The number of Topliss-reactive ketones (excluding diaryl/α,β-unsaturated/α-hetero) is 1. The maximum absolute atomic E-state index is 12.4. The third kappa shape index (κ3) is 2.23. The van der Waals surface area contributed by atoms with E-state index < -0.39 is 6.04 Å². The summed E-state index contributed by atoms with van der Waals surface area (Å²) in [7, 11) is 0. The Labute approximate surface area is 134 Å². The highest BCUT2D eigenvalue weighted by atomic mass is 16.5. The first-order valence-corrected chi connectivity index (χ1v) is 7.90. The van der Waals surface area contributed by atoms with Gasteiger partial charge in [-0.05, 0) is 42.7 Å². The van der Waals surface area contributed by atoms with Crippen LogP contribution in [-0.4, -0.2) is 29.9 Å². The van der Waals surface area contributed by atoms with Crippen LogP contribution in [0.2, 0.25) is 0 Å². The second kappa shape index (κ2) is 5.26. The number of ketones is 1. The van der Waals surface area contributed by atoms with Crippen molar-refractivity contribution >= 4 is 11.8 Å². The number of nitrogens with one attached hydrogen (secondary N) is 1. The minimum Gasteiger partial charge on any atom is -0.493 e. The number of benzene rings is 1. The lowest BCUT2D eigenvalue weighted by molar-refractivity contribution is -0.114. The topological polar surface area (TPSA) is 58.6 Å². The summed E-state index contributed by atoms with van der Waals surface area (Å²) in [6.07, 6.45) is 5.58. The molecule has 1 unspecified atom stereocenters. The molecule has 0 spiro atoms. The molecule has 0 fully saturated rings. The average molecular weight is 310 g/mol. The van der Waals surface area contributed by atoms with Crippen LogP contribution in [0.1, 0.15) is 30.5 Å². The Balaban J connectivity index is 1.83. The molecule has 0 aromatic heterocycles. The number of carbonyl (C=O) groups is 2. The highest BCUT2D eigenvalue weighted by Crippen LogP contribution is 2.36. The van der Waals surface area contributed by atoms with E-state index in [0.29, 0.717) is 18.7 Å². The van der Waals surface area contributed by atoms with Crippen molar-refractivity contribution in [1.29, 1.82) is 0 Å². The Morgan fingerprint density at radius 3 is 3.09 bits per heavy atom. The van der Waals surface area contributed by atoms with E-state index in [1.807, 2.05) is 30.4 Å². The van der Waals surface area contributed by atoms with E-state index in [2.05, 4.69) is 5.32 Å². The molecule has 0 radical (unpaired) electrons. The molecule has 0 bridgehead atoms. The summed E-state index contributed by atoms with van der Waals surface area (Å²) < 4.78 is 5.54. The number of hydrogen-bond acceptors (Lipinski definition) is 3. The molecule has 4 rings (SSSR count). The highest BCUT2D eigenvalue weighted by Gasteiger charge is 2.36. The molecule has 0 aliphatic carbocycles. The average Bonchev–Trinajstić information content (AvgIpc) is 3.02. The second-order valence-electron chi connectivity index (χ2n) is 6.05. The van der Waals surface area contributed by atoms with Crippen LogP contribution in [0, 0.1) is 0 Å². The Morgan fingerprint density at radius 2 is 2.26 bits per heavy atom. The van der Waals surface area contributed by atoms with Crippen LogP contribution >= 0.6 is 0 Å². The fourth-order valence-electron chi connectivity index (χ4n) is 3.50. The van der Waals surface area contributed by atoms with Crippen molar-refractivity contribution in [2.45, 2.75) is 25.8 Å². The monoisotopic (exact) mass is 310 g/mol. The molecule has 0 saturated carbocycles. The maximum atomic E-state index is 12.4. The molecule has 5 nitrogen and oxygen atoms in total. The van der Waals surface area contributed by atoms with Crippen LogP contribution in [0.3, 0.4) is 0 Å². The van der Waals surface area contributed by atoms with E-state index in [9.17, 15) is 9.59 Å². The maximum Gasteiger partial charge on any atom is 0.322 e. The van der Waals surface area contributed by atoms with E-state index in [1.165, 1.54) is 0 Å². The Morgan fingerprint density at radius 1 is 1.39 bits per heavy atom. The van der Waals surface area contributed by atoms with Gasteiger partial charge < -0.3 is 10.1 Å². The van der Waals surface area contributed by atoms with Crippen molar-refractivity contribution in [3.8, 4) is 5.75 Å². The molecule has 3 heterocycles. The van der Waals surface area contributed by atoms with Crippen molar-refractivity contribution in [2.75, 3.05) is 13.2 Å². The number of urea groups is 1. The Kier molecular flexibility index (Phi) is 3.22. The standard InChI is InChI=1S/C18H18N2O3/c1-11(21)16-14-4-2-3-8-20(14)18(22)19-17(16)13-5-6-15-12(10-13)7-9-23-15/h2,4-6,10,17H,3,7-9H2,1H3,(H,19,22). The van der Waals surface area contributed by atoms with Crippen LogP contribution in [-0.2, 0) is 11.2 Å². The van der Waals surface area contributed by atoms with Crippen molar-refractivity contribution < 1.29 is 14.3 Å². The van der Waals surface area contributed by atoms with Gasteiger partial charge in [0.25, 0.3) is 0 Å². The lowest BCUT2D eigenvalue weighted by Crippen LogP contribution is -2.48. The number of carbonyl (C=O) groups excluding carboxylic acids is 2. The van der Waals surface area contributed by atoms with Gasteiger partial charge in [-0.25, -0.2) is 4.79 Å². The molecular weight excluding hydrogens is 292 g/mol. The summed E-state index contributed by atoms with van der Waals surface area (Å²) in [6, 6.07) is 5.35. The molecular formula is C18H18N2O3. The van der Waals surface area contributed by atoms with Gasteiger partial charge >= 0.3 is 6.03 Å². The first kappa shape index (κ1) is 14.1. The minimum absolute atomic E-state index is 0.0155. The highest BCUT2D eigenvalue weighted by molar-refractivity contribution is 5.99. The van der Waals surface area contributed by atoms with Gasteiger partial charge in [-0.15, -0.1) is 0 Å².